The van der Waals surface area contributed by atoms with Gasteiger partial charge in [0, 0.05) is 17.4 Å². The lowest BCUT2D eigenvalue weighted by Gasteiger charge is -2.03. The fraction of sp³-hybridized carbons (Fsp3) is 0.412. The number of rotatable bonds is 9. The highest BCUT2D eigenvalue weighted by molar-refractivity contribution is 7.14. The van der Waals surface area contributed by atoms with Crippen molar-refractivity contribution in [2.24, 2.45) is 5.73 Å². The Labute approximate surface area is 145 Å². The number of methoxy groups -OCH3 is 1. The van der Waals surface area contributed by atoms with Gasteiger partial charge in [0.05, 0.1) is 12.8 Å². The molecule has 24 heavy (non-hydrogen) atoms. The zero-order valence-electron chi connectivity index (χ0n) is 13.7. The molecule has 130 valence electrons. The fourth-order valence-corrected chi connectivity index (χ4v) is 2.99. The van der Waals surface area contributed by atoms with Crippen LogP contribution >= 0.6 is 11.3 Å². The van der Waals surface area contributed by atoms with Crippen LogP contribution in [0.1, 0.15) is 32.1 Å². The number of ether oxygens (including phenoxy) is 1. The zero-order chi connectivity index (χ0) is 17.4. The van der Waals surface area contributed by atoms with Crippen molar-refractivity contribution in [3.8, 4) is 17.0 Å². The number of nitrogens with zero attached hydrogens (tertiary/aromatic N) is 1. The average Bonchev–Trinajstić information content (AvgIpc) is 3.03. The maximum Gasteiger partial charge on any atom is 0.226 e. The molecule has 1 amide bonds. The van der Waals surface area contributed by atoms with Crippen LogP contribution in [0.5, 0.6) is 5.75 Å². The second-order valence-electron chi connectivity index (χ2n) is 5.39. The van der Waals surface area contributed by atoms with Gasteiger partial charge in [-0.05, 0) is 37.6 Å². The van der Waals surface area contributed by atoms with Crippen molar-refractivity contribution in [1.82, 2.24) is 4.98 Å². The Kier molecular flexibility index (Phi) is 7.14. The first-order valence-corrected chi connectivity index (χ1v) is 8.81. The molecule has 2 rings (SSSR count). The molecule has 1 heterocycles. The largest absolute Gasteiger partial charge is 0.494 e. The Morgan fingerprint density at radius 2 is 2.12 bits per heavy atom. The second-order valence-corrected chi connectivity index (χ2v) is 6.25. The van der Waals surface area contributed by atoms with Crippen molar-refractivity contribution in [1.29, 1.82) is 0 Å². The van der Waals surface area contributed by atoms with Gasteiger partial charge in [0.2, 0.25) is 5.91 Å². The van der Waals surface area contributed by atoms with Crippen LogP contribution in [-0.4, -0.2) is 24.5 Å². The Morgan fingerprint density at radius 1 is 1.33 bits per heavy atom. The summed E-state index contributed by atoms with van der Waals surface area (Å²) in [5.74, 6) is -0.298. The quantitative estimate of drug-likeness (QED) is 0.674. The summed E-state index contributed by atoms with van der Waals surface area (Å²) in [6, 6.07) is 4.67. The van der Waals surface area contributed by atoms with Gasteiger partial charge in [-0.2, -0.15) is 0 Å². The van der Waals surface area contributed by atoms with E-state index in [4.69, 9.17) is 10.5 Å². The minimum absolute atomic E-state index is 0.0513. The Balaban J connectivity index is 1.88. The van der Waals surface area contributed by atoms with Crippen molar-refractivity contribution >= 4 is 22.4 Å². The predicted molar refractivity (Wildman–Crippen MR) is 94.8 cm³/mol. The van der Waals surface area contributed by atoms with Crippen LogP contribution < -0.4 is 15.8 Å². The molecule has 0 aliphatic heterocycles. The number of unbranched alkanes of at least 4 members (excludes halogenated alkanes) is 3. The van der Waals surface area contributed by atoms with E-state index in [1.165, 1.54) is 24.5 Å². The third-order valence-electron chi connectivity index (χ3n) is 3.56. The molecule has 0 radical (unpaired) electrons. The molecule has 0 fully saturated rings. The monoisotopic (exact) mass is 351 g/mol. The van der Waals surface area contributed by atoms with Gasteiger partial charge >= 0.3 is 0 Å². The summed E-state index contributed by atoms with van der Waals surface area (Å²) >= 11 is 1.32. The lowest BCUT2D eigenvalue weighted by atomic mass is 10.1. The van der Waals surface area contributed by atoms with E-state index in [1.807, 2.05) is 0 Å². The first-order chi connectivity index (χ1) is 11.6. The number of nitrogens with two attached hydrogens (primary N) is 1. The summed E-state index contributed by atoms with van der Waals surface area (Å²) in [6.07, 6.45) is 4.35. The second kappa shape index (κ2) is 9.34. The smallest absolute Gasteiger partial charge is 0.226 e. The number of benzene rings is 1. The van der Waals surface area contributed by atoms with E-state index in [2.05, 4.69) is 10.3 Å². The molecule has 1 aromatic carbocycles. The van der Waals surface area contributed by atoms with Crippen LogP contribution in [0.3, 0.4) is 0 Å². The number of carbonyl (C=O) groups is 1. The van der Waals surface area contributed by atoms with E-state index in [0.717, 1.165) is 25.7 Å². The number of halogens is 1. The molecule has 0 saturated carbocycles. The molecule has 7 heteroatoms. The molecule has 0 unspecified atom stereocenters. The molecule has 0 spiro atoms. The third-order valence-corrected chi connectivity index (χ3v) is 4.31. The van der Waals surface area contributed by atoms with E-state index in [9.17, 15) is 9.18 Å². The number of nitrogens with one attached hydrogen (secondary N) is 1. The number of carbonyl (C=O) groups excluding carboxylic acids is 1. The Morgan fingerprint density at radius 3 is 2.83 bits per heavy atom. The highest BCUT2D eigenvalue weighted by atomic mass is 32.1. The van der Waals surface area contributed by atoms with Gasteiger partial charge in [0.15, 0.2) is 16.7 Å². The molecule has 0 aliphatic carbocycles. The van der Waals surface area contributed by atoms with Crippen LogP contribution in [0.2, 0.25) is 0 Å². The van der Waals surface area contributed by atoms with Crippen LogP contribution in [0.15, 0.2) is 23.6 Å². The fourth-order valence-electron chi connectivity index (χ4n) is 2.25. The SMILES string of the molecule is COc1ccc(-c2csc(NC(=O)CCCCCCN)n2)cc1F. The molecule has 0 saturated heterocycles. The van der Waals surface area contributed by atoms with Crippen LogP contribution in [0, 0.1) is 5.82 Å². The normalized spacial score (nSPS) is 10.6. The Bertz CT molecular complexity index is 676. The maximum atomic E-state index is 13.8. The number of thiazole rings is 1. The molecule has 5 nitrogen and oxygen atoms in total. The highest BCUT2D eigenvalue weighted by Gasteiger charge is 2.10. The highest BCUT2D eigenvalue weighted by Crippen LogP contribution is 2.28. The lowest BCUT2D eigenvalue weighted by molar-refractivity contribution is -0.116. The van der Waals surface area contributed by atoms with E-state index in [-0.39, 0.29) is 11.7 Å². The summed E-state index contributed by atoms with van der Waals surface area (Å²) in [6.45, 7) is 0.694. The molecule has 0 aliphatic rings. The van der Waals surface area contributed by atoms with Gasteiger partial charge in [0.25, 0.3) is 0 Å². The Hall–Kier alpha value is -1.99. The number of aromatic nitrogens is 1. The molecular formula is C17H22FN3O2S. The molecule has 0 atom stereocenters. The minimum Gasteiger partial charge on any atom is -0.494 e. The van der Waals surface area contributed by atoms with Gasteiger partial charge in [-0.3, -0.25) is 4.79 Å². The topological polar surface area (TPSA) is 77.2 Å². The van der Waals surface area contributed by atoms with Crippen molar-refractivity contribution in [3.63, 3.8) is 0 Å². The minimum atomic E-state index is -0.439. The number of anilines is 1. The summed E-state index contributed by atoms with van der Waals surface area (Å²) in [7, 11) is 1.42. The van der Waals surface area contributed by atoms with Crippen molar-refractivity contribution in [3.05, 3.63) is 29.4 Å². The van der Waals surface area contributed by atoms with Crippen LogP contribution in [0.4, 0.5) is 9.52 Å². The molecule has 1 aromatic heterocycles. The van der Waals surface area contributed by atoms with E-state index in [0.29, 0.717) is 29.4 Å². The van der Waals surface area contributed by atoms with E-state index < -0.39 is 5.82 Å². The van der Waals surface area contributed by atoms with Crippen LogP contribution in [-0.2, 0) is 4.79 Å². The standard InChI is InChI=1S/C17H22FN3O2S/c1-23-15-8-7-12(10-13(15)18)14-11-24-17(20-14)21-16(22)6-4-2-3-5-9-19/h7-8,10-11H,2-6,9,19H2,1H3,(H,20,21,22). The lowest BCUT2D eigenvalue weighted by Crippen LogP contribution is -2.10. The van der Waals surface area contributed by atoms with Gasteiger partial charge < -0.3 is 15.8 Å². The predicted octanol–water partition coefficient (Wildman–Crippen LogP) is 3.81. The number of hydrogen-bond acceptors (Lipinski definition) is 5. The van der Waals surface area contributed by atoms with Gasteiger partial charge in [0.1, 0.15) is 0 Å². The first kappa shape index (κ1) is 18.4. The van der Waals surface area contributed by atoms with Crippen LogP contribution in [0.25, 0.3) is 11.3 Å². The molecule has 3 N–H and O–H groups in total. The zero-order valence-corrected chi connectivity index (χ0v) is 14.5. The van der Waals surface area contributed by atoms with Crippen molar-refractivity contribution in [2.45, 2.75) is 32.1 Å². The van der Waals surface area contributed by atoms with E-state index >= 15 is 0 Å². The molecular weight excluding hydrogens is 329 g/mol. The number of amides is 1. The third kappa shape index (κ3) is 5.28. The van der Waals surface area contributed by atoms with Crippen molar-refractivity contribution in [2.75, 3.05) is 19.0 Å². The van der Waals surface area contributed by atoms with Gasteiger partial charge in [-0.25, -0.2) is 9.37 Å². The summed E-state index contributed by atoms with van der Waals surface area (Å²) in [5.41, 5.74) is 6.70. The molecule has 0 bridgehead atoms. The summed E-state index contributed by atoms with van der Waals surface area (Å²) in [5, 5.41) is 5.10. The van der Waals surface area contributed by atoms with E-state index in [1.54, 1.807) is 17.5 Å². The first-order valence-electron chi connectivity index (χ1n) is 7.93. The molecule has 2 aromatic rings. The van der Waals surface area contributed by atoms with Gasteiger partial charge in [-0.1, -0.05) is 12.8 Å². The summed E-state index contributed by atoms with van der Waals surface area (Å²) in [4.78, 5) is 16.2. The number of hydrogen-bond donors (Lipinski definition) is 2. The van der Waals surface area contributed by atoms with Gasteiger partial charge in [-0.15, -0.1) is 11.3 Å². The maximum absolute atomic E-state index is 13.8. The summed E-state index contributed by atoms with van der Waals surface area (Å²) < 4.78 is 18.7. The van der Waals surface area contributed by atoms with Crippen molar-refractivity contribution < 1.29 is 13.9 Å². The average molecular weight is 351 g/mol.